The topological polar surface area (TPSA) is 116 Å². The second kappa shape index (κ2) is 6.51. The number of phenolic OH excluding ortho intramolecular Hbond substituents is 4. The molecule has 7 heteroatoms. The Morgan fingerprint density at radius 2 is 1.85 bits per heavy atom. The molecule has 2 unspecified atom stereocenters. The summed E-state index contributed by atoms with van der Waals surface area (Å²) in [6, 6.07) is 6.64. The van der Waals surface area contributed by atoms with E-state index in [1.54, 1.807) is 0 Å². The fourth-order valence-electron chi connectivity index (χ4n) is 2.79. The van der Waals surface area contributed by atoms with Crippen molar-refractivity contribution in [3.8, 4) is 28.7 Å². The van der Waals surface area contributed by atoms with Crippen LogP contribution >= 0.6 is 0 Å². The van der Waals surface area contributed by atoms with Crippen LogP contribution in [0.5, 0.6) is 28.7 Å². The third kappa shape index (κ3) is 3.23. The Balaban J connectivity index is 2.03. The van der Waals surface area contributed by atoms with Gasteiger partial charge in [-0.05, 0) is 19.1 Å². The molecule has 0 aromatic heterocycles. The number of aromatic hydroxyl groups is 4. The molecule has 3 rings (SSSR count). The number of carbonyl (C=O) groups is 1. The van der Waals surface area contributed by atoms with Gasteiger partial charge in [-0.1, -0.05) is 12.6 Å². The Morgan fingerprint density at radius 1 is 1.12 bits per heavy atom. The van der Waals surface area contributed by atoms with E-state index in [0.717, 1.165) is 0 Å². The van der Waals surface area contributed by atoms with Crippen LogP contribution in [0.1, 0.15) is 24.2 Å². The number of fused-ring (bicyclic) bond motifs is 1. The predicted molar refractivity (Wildman–Crippen MR) is 91.3 cm³/mol. The van der Waals surface area contributed by atoms with E-state index in [1.807, 2.05) is 0 Å². The maximum Gasteiger partial charge on any atom is 0.333 e. The highest BCUT2D eigenvalue weighted by atomic mass is 16.6. The molecule has 1 aliphatic rings. The molecule has 0 saturated carbocycles. The average molecular weight is 358 g/mol. The Kier molecular flexibility index (Phi) is 4.38. The maximum atomic E-state index is 12.0. The fourth-order valence-corrected chi connectivity index (χ4v) is 2.79. The molecule has 2 aromatic carbocycles. The summed E-state index contributed by atoms with van der Waals surface area (Å²) in [5, 5.41) is 39.0. The summed E-state index contributed by atoms with van der Waals surface area (Å²) in [6.45, 7) is 5.06. The number of benzene rings is 2. The van der Waals surface area contributed by atoms with Crippen molar-refractivity contribution in [3.63, 3.8) is 0 Å². The van der Waals surface area contributed by atoms with E-state index < -0.39 is 18.2 Å². The molecular weight excluding hydrogens is 340 g/mol. The number of hydrogen-bond acceptors (Lipinski definition) is 7. The molecule has 2 aromatic rings. The summed E-state index contributed by atoms with van der Waals surface area (Å²) in [5.41, 5.74) is 1.05. The van der Waals surface area contributed by atoms with Gasteiger partial charge in [0.15, 0.2) is 17.6 Å². The van der Waals surface area contributed by atoms with E-state index in [4.69, 9.17) is 9.47 Å². The highest BCUT2D eigenvalue weighted by Gasteiger charge is 2.36. The number of hydrogen-bond donors (Lipinski definition) is 4. The van der Waals surface area contributed by atoms with E-state index >= 15 is 0 Å². The standard InChI is InChI=1S/C19H18O7/c1-9(2)19(24)26-17-8-12-14(22)6-11(20)7-16(12)25-18(17)10-3-4-13(21)15(23)5-10/h3-7,17-18,20-23H,1,8H2,2H3. The summed E-state index contributed by atoms with van der Waals surface area (Å²) in [6.07, 6.45) is -1.50. The van der Waals surface area contributed by atoms with Gasteiger partial charge in [0.25, 0.3) is 0 Å². The number of rotatable bonds is 3. The van der Waals surface area contributed by atoms with Gasteiger partial charge in [0.2, 0.25) is 0 Å². The Bertz CT molecular complexity index is 888. The van der Waals surface area contributed by atoms with Crippen molar-refractivity contribution in [1.29, 1.82) is 0 Å². The molecule has 136 valence electrons. The van der Waals surface area contributed by atoms with Crippen LogP contribution in [-0.4, -0.2) is 32.5 Å². The van der Waals surface area contributed by atoms with E-state index in [2.05, 4.69) is 6.58 Å². The molecule has 2 atom stereocenters. The van der Waals surface area contributed by atoms with E-state index in [1.165, 1.54) is 37.3 Å². The highest BCUT2D eigenvalue weighted by Crippen LogP contribution is 2.43. The molecule has 0 aliphatic carbocycles. The zero-order chi connectivity index (χ0) is 19.0. The molecule has 1 aliphatic heterocycles. The molecule has 0 amide bonds. The Labute approximate surface area is 149 Å². The van der Waals surface area contributed by atoms with Gasteiger partial charge in [0.1, 0.15) is 23.4 Å². The first-order chi connectivity index (χ1) is 12.3. The Morgan fingerprint density at radius 3 is 2.50 bits per heavy atom. The zero-order valence-electron chi connectivity index (χ0n) is 14.0. The van der Waals surface area contributed by atoms with Crippen molar-refractivity contribution in [1.82, 2.24) is 0 Å². The van der Waals surface area contributed by atoms with Crippen LogP contribution in [0.15, 0.2) is 42.5 Å². The number of ether oxygens (including phenoxy) is 2. The number of carbonyl (C=O) groups excluding carboxylic acids is 1. The summed E-state index contributed by atoms with van der Waals surface area (Å²) in [4.78, 5) is 12.0. The first kappa shape index (κ1) is 17.5. The van der Waals surface area contributed by atoms with Gasteiger partial charge in [-0.2, -0.15) is 0 Å². The summed E-state index contributed by atoms with van der Waals surface area (Å²) >= 11 is 0. The van der Waals surface area contributed by atoms with E-state index in [9.17, 15) is 25.2 Å². The number of phenols is 4. The summed E-state index contributed by atoms with van der Waals surface area (Å²) < 4.78 is 11.3. The summed E-state index contributed by atoms with van der Waals surface area (Å²) in [5.74, 6) is -1.37. The van der Waals surface area contributed by atoms with Gasteiger partial charge in [-0.15, -0.1) is 0 Å². The first-order valence-electron chi connectivity index (χ1n) is 7.86. The third-order valence-electron chi connectivity index (χ3n) is 4.10. The lowest BCUT2D eigenvalue weighted by Crippen LogP contribution is -2.34. The minimum absolute atomic E-state index is 0.132. The van der Waals surface area contributed by atoms with Gasteiger partial charge in [-0.25, -0.2) is 4.79 Å². The molecule has 7 nitrogen and oxygen atoms in total. The largest absolute Gasteiger partial charge is 0.508 e. The van der Waals surface area contributed by atoms with Crippen LogP contribution in [0, 0.1) is 0 Å². The van der Waals surface area contributed by atoms with Gasteiger partial charge in [0.05, 0.1) is 0 Å². The molecule has 0 saturated heterocycles. The van der Waals surface area contributed by atoms with Crippen LogP contribution < -0.4 is 4.74 Å². The molecule has 0 bridgehead atoms. The van der Waals surface area contributed by atoms with E-state index in [0.29, 0.717) is 11.1 Å². The maximum absolute atomic E-state index is 12.0. The molecular formula is C19H18O7. The van der Waals surface area contributed by atoms with Crippen molar-refractivity contribution >= 4 is 5.97 Å². The van der Waals surface area contributed by atoms with Crippen LogP contribution in [0.2, 0.25) is 0 Å². The molecule has 26 heavy (non-hydrogen) atoms. The van der Waals surface area contributed by atoms with Gasteiger partial charge >= 0.3 is 5.97 Å². The van der Waals surface area contributed by atoms with Gasteiger partial charge in [0, 0.05) is 35.3 Å². The Hall–Kier alpha value is -3.35. The molecule has 0 spiro atoms. The molecule has 4 N–H and O–H groups in total. The molecule has 0 fully saturated rings. The van der Waals surface area contributed by atoms with Gasteiger partial charge in [-0.3, -0.25) is 0 Å². The quantitative estimate of drug-likeness (QED) is 0.379. The molecule has 1 heterocycles. The summed E-state index contributed by atoms with van der Waals surface area (Å²) in [7, 11) is 0. The van der Waals surface area contributed by atoms with E-state index in [-0.39, 0.29) is 40.7 Å². The first-order valence-corrected chi connectivity index (χ1v) is 7.86. The predicted octanol–water partition coefficient (Wildman–Crippen LogP) is 2.67. The monoisotopic (exact) mass is 358 g/mol. The lowest BCUT2D eigenvalue weighted by molar-refractivity contribution is -0.150. The number of esters is 1. The van der Waals surface area contributed by atoms with Crippen LogP contribution in [0.3, 0.4) is 0 Å². The lowest BCUT2D eigenvalue weighted by atomic mass is 9.93. The third-order valence-corrected chi connectivity index (χ3v) is 4.10. The lowest BCUT2D eigenvalue weighted by Gasteiger charge is -2.34. The van der Waals surface area contributed by atoms with Crippen molar-refractivity contribution in [2.24, 2.45) is 0 Å². The second-order valence-corrected chi connectivity index (χ2v) is 6.16. The normalized spacial score (nSPS) is 18.5. The fraction of sp³-hybridized carbons (Fsp3) is 0.211. The van der Waals surface area contributed by atoms with Crippen LogP contribution in [0.25, 0.3) is 0 Å². The highest BCUT2D eigenvalue weighted by molar-refractivity contribution is 5.87. The van der Waals surface area contributed by atoms with Gasteiger partial charge < -0.3 is 29.9 Å². The van der Waals surface area contributed by atoms with Crippen molar-refractivity contribution in [2.75, 3.05) is 0 Å². The van der Waals surface area contributed by atoms with Crippen LogP contribution in [-0.2, 0) is 16.0 Å². The smallest absolute Gasteiger partial charge is 0.333 e. The van der Waals surface area contributed by atoms with Crippen molar-refractivity contribution in [2.45, 2.75) is 25.6 Å². The minimum Gasteiger partial charge on any atom is -0.508 e. The molecule has 0 radical (unpaired) electrons. The van der Waals surface area contributed by atoms with Crippen molar-refractivity contribution < 1.29 is 34.7 Å². The van der Waals surface area contributed by atoms with Crippen molar-refractivity contribution in [3.05, 3.63) is 53.6 Å². The average Bonchev–Trinajstić information content (AvgIpc) is 2.57. The minimum atomic E-state index is -0.821. The van der Waals surface area contributed by atoms with Crippen LogP contribution in [0.4, 0.5) is 0 Å². The second-order valence-electron chi connectivity index (χ2n) is 6.16. The zero-order valence-corrected chi connectivity index (χ0v) is 14.0. The SMILES string of the molecule is C=C(C)C(=O)OC1Cc2c(O)cc(O)cc2OC1c1ccc(O)c(O)c1.